The van der Waals surface area contributed by atoms with Crippen LogP contribution in [0.4, 0.5) is 0 Å². The molecule has 0 aliphatic carbocycles. The first kappa shape index (κ1) is 12.1. The maximum absolute atomic E-state index is 11.4. The van der Waals surface area contributed by atoms with Gasteiger partial charge in [-0.15, -0.1) is 0 Å². The van der Waals surface area contributed by atoms with Crippen molar-refractivity contribution < 1.29 is 8.42 Å². The lowest BCUT2D eigenvalue weighted by atomic mass is 10.2. The molecule has 1 aromatic heterocycles. The fourth-order valence-electron chi connectivity index (χ4n) is 1.61. The molecule has 0 bridgehead atoms. The minimum absolute atomic E-state index is 0.149. The Bertz CT molecular complexity index is 646. The molecule has 0 aliphatic rings. The Hall–Kier alpha value is -1.40. The van der Waals surface area contributed by atoms with E-state index >= 15 is 0 Å². The predicted molar refractivity (Wildman–Crippen MR) is 66.4 cm³/mol. The Morgan fingerprint density at radius 1 is 1.47 bits per heavy atom. The third-order valence-corrected chi connectivity index (χ3v) is 3.80. The quantitative estimate of drug-likeness (QED) is 0.864. The highest BCUT2D eigenvalue weighted by Crippen LogP contribution is 2.20. The molecular formula is C11H15N3O2S. The summed E-state index contributed by atoms with van der Waals surface area (Å²) in [6, 6.07) is 4.68. The van der Waals surface area contributed by atoms with Gasteiger partial charge in [0.15, 0.2) is 9.84 Å². The minimum Gasteiger partial charge on any atom is -0.341 e. The lowest BCUT2D eigenvalue weighted by Gasteiger charge is -2.02. The molecule has 1 heterocycles. The minimum atomic E-state index is -3.19. The highest BCUT2D eigenvalue weighted by atomic mass is 32.2. The molecule has 3 N–H and O–H groups in total. The number of rotatable bonds is 3. The van der Waals surface area contributed by atoms with Gasteiger partial charge < -0.3 is 10.7 Å². The van der Waals surface area contributed by atoms with E-state index in [-0.39, 0.29) is 10.9 Å². The van der Waals surface area contributed by atoms with Crippen molar-refractivity contribution in [3.63, 3.8) is 0 Å². The van der Waals surface area contributed by atoms with Crippen molar-refractivity contribution in [1.29, 1.82) is 0 Å². The summed E-state index contributed by atoms with van der Waals surface area (Å²) < 4.78 is 22.8. The van der Waals surface area contributed by atoms with Crippen LogP contribution in [0.25, 0.3) is 11.0 Å². The van der Waals surface area contributed by atoms with E-state index in [1.165, 1.54) is 6.26 Å². The summed E-state index contributed by atoms with van der Waals surface area (Å²) in [5.41, 5.74) is 7.30. The molecule has 0 spiro atoms. The van der Waals surface area contributed by atoms with Gasteiger partial charge in [-0.3, -0.25) is 0 Å². The largest absolute Gasteiger partial charge is 0.341 e. The zero-order valence-corrected chi connectivity index (χ0v) is 10.6. The number of benzene rings is 1. The van der Waals surface area contributed by atoms with Crippen molar-refractivity contribution in [3.05, 3.63) is 24.0 Å². The molecule has 0 radical (unpaired) electrons. The first-order valence-corrected chi connectivity index (χ1v) is 7.26. The van der Waals surface area contributed by atoms with Crippen LogP contribution in [-0.4, -0.2) is 24.6 Å². The Morgan fingerprint density at radius 2 is 2.18 bits per heavy atom. The maximum Gasteiger partial charge on any atom is 0.175 e. The van der Waals surface area contributed by atoms with Crippen molar-refractivity contribution >= 4 is 20.9 Å². The van der Waals surface area contributed by atoms with Crippen molar-refractivity contribution in [2.24, 2.45) is 5.73 Å². The molecular weight excluding hydrogens is 238 g/mol. The number of aromatic nitrogens is 2. The summed E-state index contributed by atoms with van der Waals surface area (Å²) in [6.07, 6.45) is 1.96. The van der Waals surface area contributed by atoms with Crippen LogP contribution in [0.1, 0.15) is 25.2 Å². The normalized spacial score (nSPS) is 14.1. The second-order valence-corrected chi connectivity index (χ2v) is 6.10. The summed E-state index contributed by atoms with van der Waals surface area (Å²) in [7, 11) is -3.19. The average Bonchev–Trinajstić information content (AvgIpc) is 2.69. The van der Waals surface area contributed by atoms with E-state index < -0.39 is 9.84 Å². The van der Waals surface area contributed by atoms with Crippen LogP contribution in [0.5, 0.6) is 0 Å². The number of aromatic amines is 1. The molecule has 0 saturated carbocycles. The lowest BCUT2D eigenvalue weighted by molar-refractivity contribution is 0.602. The van der Waals surface area contributed by atoms with Crippen molar-refractivity contribution in [3.8, 4) is 0 Å². The summed E-state index contributed by atoms with van der Waals surface area (Å²) in [4.78, 5) is 7.67. The van der Waals surface area contributed by atoms with Gasteiger partial charge in [0.2, 0.25) is 0 Å². The van der Waals surface area contributed by atoms with Crippen LogP contribution < -0.4 is 5.73 Å². The van der Waals surface area contributed by atoms with Crippen LogP contribution in [0, 0.1) is 0 Å². The first-order valence-electron chi connectivity index (χ1n) is 5.37. The molecule has 1 unspecified atom stereocenters. The molecule has 92 valence electrons. The maximum atomic E-state index is 11.4. The van der Waals surface area contributed by atoms with Gasteiger partial charge in [0.1, 0.15) is 5.82 Å². The van der Waals surface area contributed by atoms with E-state index in [0.29, 0.717) is 11.3 Å². The SMILES string of the molecule is CCC(N)c1nc2ccc(S(C)(=O)=O)cc2[nH]1. The molecule has 5 nitrogen and oxygen atoms in total. The van der Waals surface area contributed by atoms with Crippen molar-refractivity contribution in [2.75, 3.05) is 6.26 Å². The summed E-state index contributed by atoms with van der Waals surface area (Å²) >= 11 is 0. The number of fused-ring (bicyclic) bond motifs is 1. The van der Waals surface area contributed by atoms with Gasteiger partial charge in [-0.1, -0.05) is 6.92 Å². The summed E-state index contributed by atoms with van der Waals surface area (Å²) in [5.74, 6) is 0.688. The van der Waals surface area contributed by atoms with Crippen molar-refractivity contribution in [1.82, 2.24) is 9.97 Å². The molecule has 1 aromatic carbocycles. The van der Waals surface area contributed by atoms with Gasteiger partial charge in [-0.05, 0) is 24.6 Å². The van der Waals surface area contributed by atoms with E-state index in [0.717, 1.165) is 11.9 Å². The Morgan fingerprint density at radius 3 is 2.76 bits per heavy atom. The number of imidazole rings is 1. The summed E-state index contributed by atoms with van der Waals surface area (Å²) in [6.45, 7) is 1.97. The zero-order valence-electron chi connectivity index (χ0n) is 9.77. The van der Waals surface area contributed by atoms with Gasteiger partial charge in [0, 0.05) is 6.26 Å². The Labute approximate surface area is 100.0 Å². The number of hydrogen-bond donors (Lipinski definition) is 2. The number of nitrogens with one attached hydrogen (secondary N) is 1. The summed E-state index contributed by atoms with van der Waals surface area (Å²) in [5, 5.41) is 0. The van der Waals surface area contributed by atoms with Crippen LogP contribution in [0.2, 0.25) is 0 Å². The van der Waals surface area contributed by atoms with Gasteiger partial charge in [0.25, 0.3) is 0 Å². The van der Waals surface area contributed by atoms with E-state index in [2.05, 4.69) is 9.97 Å². The molecule has 0 aliphatic heterocycles. The second kappa shape index (κ2) is 4.12. The van der Waals surface area contributed by atoms with E-state index in [9.17, 15) is 8.42 Å². The van der Waals surface area contributed by atoms with Crippen LogP contribution >= 0.6 is 0 Å². The molecule has 1 atom stereocenters. The molecule has 0 amide bonds. The number of sulfone groups is 1. The van der Waals surface area contributed by atoms with Crippen LogP contribution in [0.3, 0.4) is 0 Å². The second-order valence-electron chi connectivity index (χ2n) is 4.09. The Balaban J connectivity index is 2.56. The topological polar surface area (TPSA) is 88.8 Å². The highest BCUT2D eigenvalue weighted by Gasteiger charge is 2.12. The monoisotopic (exact) mass is 253 g/mol. The first-order chi connectivity index (χ1) is 7.91. The molecule has 0 fully saturated rings. The number of nitrogens with two attached hydrogens (primary N) is 1. The molecule has 2 aromatic rings. The van der Waals surface area contributed by atoms with Gasteiger partial charge in [0.05, 0.1) is 22.0 Å². The van der Waals surface area contributed by atoms with Gasteiger partial charge >= 0.3 is 0 Å². The lowest BCUT2D eigenvalue weighted by Crippen LogP contribution is -2.10. The predicted octanol–water partition coefficient (Wildman–Crippen LogP) is 1.38. The standard InChI is InChI=1S/C11H15N3O2S/c1-3-8(12)11-13-9-5-4-7(17(2,15)16)6-10(9)14-11/h4-6,8H,3,12H2,1-2H3,(H,13,14). The fraction of sp³-hybridized carbons (Fsp3) is 0.364. The average molecular weight is 253 g/mol. The molecule has 6 heteroatoms. The number of hydrogen-bond acceptors (Lipinski definition) is 4. The smallest absolute Gasteiger partial charge is 0.175 e. The molecule has 0 saturated heterocycles. The fourth-order valence-corrected chi connectivity index (χ4v) is 2.26. The molecule has 2 rings (SSSR count). The van der Waals surface area contributed by atoms with Gasteiger partial charge in [-0.25, -0.2) is 13.4 Å². The Kier molecular flexibility index (Phi) is 2.92. The van der Waals surface area contributed by atoms with Crippen molar-refractivity contribution in [2.45, 2.75) is 24.3 Å². The van der Waals surface area contributed by atoms with E-state index in [1.807, 2.05) is 6.92 Å². The van der Waals surface area contributed by atoms with E-state index in [4.69, 9.17) is 5.73 Å². The third-order valence-electron chi connectivity index (χ3n) is 2.69. The van der Waals surface area contributed by atoms with Crippen LogP contribution in [-0.2, 0) is 9.84 Å². The zero-order chi connectivity index (χ0) is 12.6. The third kappa shape index (κ3) is 2.32. The number of H-pyrrole nitrogens is 1. The molecule has 17 heavy (non-hydrogen) atoms. The number of nitrogens with zero attached hydrogens (tertiary/aromatic N) is 1. The van der Waals surface area contributed by atoms with E-state index in [1.54, 1.807) is 18.2 Å². The highest BCUT2D eigenvalue weighted by molar-refractivity contribution is 7.90. The van der Waals surface area contributed by atoms with Gasteiger partial charge in [-0.2, -0.15) is 0 Å². The van der Waals surface area contributed by atoms with Crippen LogP contribution in [0.15, 0.2) is 23.1 Å².